The van der Waals surface area contributed by atoms with E-state index in [0.29, 0.717) is 6.04 Å². The molecular formula is C16H19N5. The molecular weight excluding hydrogens is 262 g/mol. The van der Waals surface area contributed by atoms with E-state index >= 15 is 0 Å². The maximum atomic E-state index is 4.40. The Kier molecular flexibility index (Phi) is 3.18. The van der Waals surface area contributed by atoms with Crippen LogP contribution in [-0.4, -0.2) is 24.5 Å². The van der Waals surface area contributed by atoms with Gasteiger partial charge in [0.15, 0.2) is 0 Å². The third-order valence-corrected chi connectivity index (χ3v) is 4.38. The predicted molar refractivity (Wildman–Crippen MR) is 81.0 cm³/mol. The molecule has 2 heterocycles. The predicted octanol–water partition coefficient (Wildman–Crippen LogP) is 3.18. The monoisotopic (exact) mass is 281 g/mol. The highest BCUT2D eigenvalue weighted by Gasteiger charge is 2.18. The van der Waals surface area contributed by atoms with Crippen molar-refractivity contribution in [3.63, 3.8) is 0 Å². The third kappa shape index (κ3) is 2.44. The second-order valence-corrected chi connectivity index (χ2v) is 5.88. The van der Waals surface area contributed by atoms with Gasteiger partial charge < -0.3 is 4.57 Å². The van der Waals surface area contributed by atoms with Crippen LogP contribution in [0.5, 0.6) is 0 Å². The molecule has 1 aromatic carbocycles. The van der Waals surface area contributed by atoms with E-state index in [1.165, 1.54) is 43.2 Å². The molecule has 1 aliphatic carbocycles. The average Bonchev–Trinajstić information content (AvgIpc) is 3.17. The lowest BCUT2D eigenvalue weighted by atomic mass is 9.95. The molecule has 0 saturated heterocycles. The molecule has 1 aliphatic rings. The zero-order valence-electron chi connectivity index (χ0n) is 12.0. The van der Waals surface area contributed by atoms with Gasteiger partial charge in [0.2, 0.25) is 0 Å². The Labute approximate surface area is 123 Å². The topological polar surface area (TPSA) is 48.5 Å². The molecule has 1 saturated carbocycles. The summed E-state index contributed by atoms with van der Waals surface area (Å²) in [6.07, 6.45) is 12.1. The van der Waals surface area contributed by atoms with Crippen LogP contribution in [0.15, 0.2) is 36.9 Å². The van der Waals surface area contributed by atoms with E-state index in [9.17, 15) is 0 Å². The van der Waals surface area contributed by atoms with Crippen molar-refractivity contribution in [2.24, 2.45) is 0 Å². The van der Waals surface area contributed by atoms with E-state index in [4.69, 9.17) is 0 Å². The summed E-state index contributed by atoms with van der Waals surface area (Å²) < 4.78 is 4.22. The van der Waals surface area contributed by atoms with Gasteiger partial charge >= 0.3 is 0 Å². The van der Waals surface area contributed by atoms with Gasteiger partial charge in [0, 0.05) is 18.9 Å². The number of hydrogen-bond donors (Lipinski definition) is 0. The Balaban J connectivity index is 1.68. The maximum Gasteiger partial charge on any atom is 0.113 e. The number of imidazole rings is 1. The van der Waals surface area contributed by atoms with Crippen LogP contribution in [0.2, 0.25) is 0 Å². The number of benzene rings is 1. The second-order valence-electron chi connectivity index (χ2n) is 5.88. The van der Waals surface area contributed by atoms with E-state index in [-0.39, 0.29) is 0 Å². The SMILES string of the molecule is c1cn(Cc2ccc3nnn(C4CCCCC4)c3c2)cn1. The summed E-state index contributed by atoms with van der Waals surface area (Å²) in [7, 11) is 0. The molecule has 21 heavy (non-hydrogen) atoms. The highest BCUT2D eigenvalue weighted by molar-refractivity contribution is 5.75. The first-order chi connectivity index (χ1) is 10.4. The average molecular weight is 281 g/mol. The van der Waals surface area contributed by atoms with Crippen LogP contribution in [0.3, 0.4) is 0 Å². The molecule has 4 rings (SSSR count). The number of hydrogen-bond acceptors (Lipinski definition) is 3. The summed E-state index contributed by atoms with van der Waals surface area (Å²) in [4.78, 5) is 4.09. The first-order valence-electron chi connectivity index (χ1n) is 7.70. The Hall–Kier alpha value is -2.17. The normalized spacial score (nSPS) is 16.6. The standard InChI is InChI=1S/C16H19N5/c1-2-4-14(5-3-1)21-16-10-13(6-7-15(16)18-19-21)11-20-9-8-17-12-20/h6-10,12,14H,1-5,11H2. The summed E-state index contributed by atoms with van der Waals surface area (Å²) in [5, 5.41) is 8.73. The number of rotatable bonds is 3. The van der Waals surface area contributed by atoms with Crippen LogP contribution in [0.4, 0.5) is 0 Å². The molecule has 108 valence electrons. The fraction of sp³-hybridized carbons (Fsp3) is 0.438. The van der Waals surface area contributed by atoms with Crippen molar-refractivity contribution in [1.29, 1.82) is 0 Å². The molecule has 2 aromatic heterocycles. The van der Waals surface area contributed by atoms with Crippen molar-refractivity contribution >= 4 is 11.0 Å². The minimum Gasteiger partial charge on any atom is -0.333 e. The smallest absolute Gasteiger partial charge is 0.113 e. The lowest BCUT2D eigenvalue weighted by molar-refractivity contribution is 0.331. The molecule has 0 N–H and O–H groups in total. The Bertz CT molecular complexity index is 722. The fourth-order valence-electron chi connectivity index (χ4n) is 3.27. The second kappa shape index (κ2) is 5.31. The van der Waals surface area contributed by atoms with Crippen LogP contribution in [0.25, 0.3) is 11.0 Å². The summed E-state index contributed by atoms with van der Waals surface area (Å²) in [5.41, 5.74) is 3.43. The number of nitrogens with zero attached hydrogens (tertiary/aromatic N) is 5. The Morgan fingerprint density at radius 2 is 2.05 bits per heavy atom. The highest BCUT2D eigenvalue weighted by atomic mass is 15.4. The molecule has 0 unspecified atom stereocenters. The maximum absolute atomic E-state index is 4.40. The van der Waals surface area contributed by atoms with Crippen LogP contribution < -0.4 is 0 Å². The summed E-state index contributed by atoms with van der Waals surface area (Å²) >= 11 is 0. The zero-order valence-corrected chi connectivity index (χ0v) is 12.0. The van der Waals surface area contributed by atoms with E-state index in [1.54, 1.807) is 0 Å². The molecule has 5 heteroatoms. The van der Waals surface area contributed by atoms with Gasteiger partial charge in [-0.2, -0.15) is 0 Å². The molecule has 0 spiro atoms. The van der Waals surface area contributed by atoms with E-state index < -0.39 is 0 Å². The zero-order chi connectivity index (χ0) is 14.1. The van der Waals surface area contributed by atoms with E-state index in [1.807, 2.05) is 18.7 Å². The molecule has 0 amide bonds. The van der Waals surface area contributed by atoms with Crippen molar-refractivity contribution < 1.29 is 0 Å². The lowest BCUT2D eigenvalue weighted by Gasteiger charge is -2.22. The van der Waals surface area contributed by atoms with Gasteiger partial charge in [-0.3, -0.25) is 0 Å². The number of aromatic nitrogens is 5. The summed E-state index contributed by atoms with van der Waals surface area (Å²) in [5.74, 6) is 0. The van der Waals surface area contributed by atoms with Gasteiger partial charge in [-0.25, -0.2) is 9.67 Å². The van der Waals surface area contributed by atoms with Gasteiger partial charge in [-0.1, -0.05) is 30.5 Å². The van der Waals surface area contributed by atoms with Gasteiger partial charge in [0.1, 0.15) is 5.52 Å². The highest BCUT2D eigenvalue weighted by Crippen LogP contribution is 2.30. The third-order valence-electron chi connectivity index (χ3n) is 4.38. The molecule has 0 aliphatic heterocycles. The van der Waals surface area contributed by atoms with Crippen molar-refractivity contribution in [2.75, 3.05) is 0 Å². The molecule has 3 aromatic rings. The number of fused-ring (bicyclic) bond motifs is 1. The van der Waals surface area contributed by atoms with Gasteiger partial charge in [-0.15, -0.1) is 5.10 Å². The Morgan fingerprint density at radius 3 is 2.86 bits per heavy atom. The quantitative estimate of drug-likeness (QED) is 0.741. The van der Waals surface area contributed by atoms with E-state index in [0.717, 1.165) is 12.1 Å². The van der Waals surface area contributed by atoms with Crippen LogP contribution >= 0.6 is 0 Å². The largest absolute Gasteiger partial charge is 0.333 e. The van der Waals surface area contributed by atoms with Crippen LogP contribution in [0, 0.1) is 0 Å². The van der Waals surface area contributed by atoms with Gasteiger partial charge in [-0.05, 0) is 30.5 Å². The first kappa shape index (κ1) is 12.6. The molecule has 0 radical (unpaired) electrons. The van der Waals surface area contributed by atoms with Gasteiger partial charge in [0.05, 0.1) is 17.9 Å². The summed E-state index contributed by atoms with van der Waals surface area (Å²) in [6, 6.07) is 6.95. The molecule has 0 bridgehead atoms. The fourth-order valence-corrected chi connectivity index (χ4v) is 3.27. The molecule has 1 fully saturated rings. The van der Waals surface area contributed by atoms with Gasteiger partial charge in [0.25, 0.3) is 0 Å². The minimum absolute atomic E-state index is 0.521. The molecule has 5 nitrogen and oxygen atoms in total. The Morgan fingerprint density at radius 1 is 1.14 bits per heavy atom. The lowest BCUT2D eigenvalue weighted by Crippen LogP contribution is -2.14. The summed E-state index contributed by atoms with van der Waals surface area (Å²) in [6.45, 7) is 0.839. The van der Waals surface area contributed by atoms with E-state index in [2.05, 4.69) is 42.7 Å². The van der Waals surface area contributed by atoms with Crippen molar-refractivity contribution in [1.82, 2.24) is 24.5 Å². The minimum atomic E-state index is 0.521. The molecule has 0 atom stereocenters. The van der Waals surface area contributed by atoms with Crippen molar-refractivity contribution in [3.8, 4) is 0 Å². The van der Waals surface area contributed by atoms with Crippen molar-refractivity contribution in [2.45, 2.75) is 44.7 Å². The van der Waals surface area contributed by atoms with Crippen molar-refractivity contribution in [3.05, 3.63) is 42.5 Å². The van der Waals surface area contributed by atoms with Crippen LogP contribution in [0.1, 0.15) is 43.7 Å². The van der Waals surface area contributed by atoms with Crippen LogP contribution in [-0.2, 0) is 6.54 Å². The first-order valence-corrected chi connectivity index (χ1v) is 7.70.